The van der Waals surface area contributed by atoms with Gasteiger partial charge in [-0.05, 0) is 47.0 Å². The summed E-state index contributed by atoms with van der Waals surface area (Å²) in [5.74, 6) is -0.461. The summed E-state index contributed by atoms with van der Waals surface area (Å²) in [7, 11) is 1.36. The fourth-order valence-electron chi connectivity index (χ4n) is 4.40. The smallest absolute Gasteiger partial charge is 0.337 e. The zero-order valence-electron chi connectivity index (χ0n) is 19.1. The highest BCUT2D eigenvalue weighted by atomic mass is 35.5. The average molecular weight is 480 g/mol. The molecule has 35 heavy (non-hydrogen) atoms. The van der Waals surface area contributed by atoms with Crippen LogP contribution in [0.3, 0.4) is 0 Å². The van der Waals surface area contributed by atoms with E-state index in [9.17, 15) is 9.59 Å². The van der Waals surface area contributed by atoms with E-state index >= 15 is 0 Å². The lowest BCUT2D eigenvalue weighted by Crippen LogP contribution is -2.26. The van der Waals surface area contributed by atoms with E-state index in [0.29, 0.717) is 22.7 Å². The molecule has 5 rings (SSSR count). The predicted molar refractivity (Wildman–Crippen MR) is 139 cm³/mol. The molecule has 5 heteroatoms. The van der Waals surface area contributed by atoms with E-state index in [1.54, 1.807) is 17.0 Å². The number of ether oxygens (including phenoxy) is 1. The largest absolute Gasteiger partial charge is 0.465 e. The van der Waals surface area contributed by atoms with Gasteiger partial charge in [0.2, 0.25) is 0 Å². The number of esters is 1. The number of nitrogens with zero attached hydrogens (tertiary/aromatic N) is 1. The first kappa shape index (κ1) is 22.6. The molecule has 0 aliphatic carbocycles. The number of fused-ring (bicyclic) bond motifs is 1. The lowest BCUT2D eigenvalue weighted by molar-refractivity contribution is -0.113. The second-order valence-electron chi connectivity index (χ2n) is 8.22. The van der Waals surface area contributed by atoms with E-state index in [-0.39, 0.29) is 11.9 Å². The van der Waals surface area contributed by atoms with Crippen LogP contribution in [0, 0.1) is 0 Å². The third-order valence-electron chi connectivity index (χ3n) is 6.08. The molecule has 1 aliphatic rings. The van der Waals surface area contributed by atoms with E-state index in [4.69, 9.17) is 16.3 Å². The highest BCUT2D eigenvalue weighted by Gasteiger charge is 2.35. The molecule has 0 fully saturated rings. The summed E-state index contributed by atoms with van der Waals surface area (Å²) < 4.78 is 4.79. The zero-order chi connectivity index (χ0) is 24.4. The van der Waals surface area contributed by atoms with Gasteiger partial charge in [-0.15, -0.1) is 0 Å². The Morgan fingerprint density at radius 3 is 2.06 bits per heavy atom. The van der Waals surface area contributed by atoms with Gasteiger partial charge in [0.05, 0.1) is 30.5 Å². The first-order chi connectivity index (χ1) is 17.1. The number of amides is 1. The van der Waals surface area contributed by atoms with Crippen molar-refractivity contribution in [3.8, 4) is 0 Å². The lowest BCUT2D eigenvalue weighted by atomic mass is 9.90. The van der Waals surface area contributed by atoms with E-state index in [1.807, 2.05) is 91.0 Å². The number of rotatable bonds is 5. The number of methoxy groups -OCH3 is 1. The quantitative estimate of drug-likeness (QED) is 0.238. The molecule has 1 amide bonds. The van der Waals surface area contributed by atoms with Crippen molar-refractivity contribution in [2.45, 2.75) is 6.54 Å². The van der Waals surface area contributed by atoms with Crippen molar-refractivity contribution in [2.24, 2.45) is 0 Å². The number of hydrogen-bond donors (Lipinski definition) is 0. The molecule has 172 valence electrons. The molecule has 4 aromatic rings. The molecule has 0 saturated carbocycles. The molecule has 0 bridgehead atoms. The molecule has 0 spiro atoms. The third kappa shape index (κ3) is 4.36. The standard InChI is InChI=1S/C30H22ClNO3/c1-35-30(34)23-13-11-20(12-14-23)19-32-26-10-6-5-9-25(26)28(29(32)33)27(21-7-3-2-4-8-21)22-15-17-24(31)18-16-22/h2-18H,19H2,1H3. The molecule has 0 atom stereocenters. The summed E-state index contributed by atoms with van der Waals surface area (Å²) in [6.07, 6.45) is 0. The van der Waals surface area contributed by atoms with Crippen LogP contribution in [0.2, 0.25) is 5.02 Å². The van der Waals surface area contributed by atoms with Gasteiger partial charge in [-0.3, -0.25) is 4.79 Å². The third-order valence-corrected chi connectivity index (χ3v) is 6.34. The minimum atomic E-state index is -0.389. The first-order valence-electron chi connectivity index (χ1n) is 11.2. The zero-order valence-corrected chi connectivity index (χ0v) is 19.8. The SMILES string of the molecule is COC(=O)c1ccc(CN2C(=O)C(=C(c3ccccc3)c3ccc(Cl)cc3)c3ccccc32)cc1. The van der Waals surface area contributed by atoms with Gasteiger partial charge >= 0.3 is 5.97 Å². The van der Waals surface area contributed by atoms with Crippen LogP contribution in [-0.2, 0) is 16.1 Å². The minimum absolute atomic E-state index is 0.0722. The molecular weight excluding hydrogens is 458 g/mol. The minimum Gasteiger partial charge on any atom is -0.465 e. The van der Waals surface area contributed by atoms with Gasteiger partial charge in [0.1, 0.15) is 0 Å². The van der Waals surface area contributed by atoms with Crippen LogP contribution in [0.15, 0.2) is 103 Å². The summed E-state index contributed by atoms with van der Waals surface area (Å²) in [5, 5.41) is 0.640. The fourth-order valence-corrected chi connectivity index (χ4v) is 4.53. The second-order valence-corrected chi connectivity index (χ2v) is 8.66. The van der Waals surface area contributed by atoms with Crippen LogP contribution in [0.5, 0.6) is 0 Å². The van der Waals surface area contributed by atoms with Crippen molar-refractivity contribution in [3.05, 3.63) is 136 Å². The van der Waals surface area contributed by atoms with Crippen LogP contribution in [0.1, 0.15) is 32.6 Å². The summed E-state index contributed by atoms with van der Waals surface area (Å²) in [4.78, 5) is 27.6. The van der Waals surface area contributed by atoms with Gasteiger partial charge in [-0.1, -0.05) is 84.4 Å². The molecule has 4 nitrogen and oxygen atoms in total. The Labute approximate surface area is 209 Å². The molecule has 0 aromatic heterocycles. The van der Waals surface area contributed by atoms with Gasteiger partial charge in [-0.2, -0.15) is 0 Å². The number of carbonyl (C=O) groups excluding carboxylic acids is 2. The van der Waals surface area contributed by atoms with Crippen LogP contribution in [0.4, 0.5) is 5.69 Å². The number of benzene rings is 4. The number of anilines is 1. The summed E-state index contributed by atoms with van der Waals surface area (Å²) in [5.41, 5.74) is 6.52. The molecule has 0 saturated heterocycles. The van der Waals surface area contributed by atoms with E-state index in [1.165, 1.54) is 7.11 Å². The van der Waals surface area contributed by atoms with Crippen LogP contribution in [0.25, 0.3) is 11.1 Å². The monoisotopic (exact) mass is 479 g/mol. The maximum absolute atomic E-state index is 14.0. The van der Waals surface area contributed by atoms with E-state index < -0.39 is 0 Å². The molecule has 1 heterocycles. The van der Waals surface area contributed by atoms with Gasteiger partial charge < -0.3 is 9.64 Å². The molecular formula is C30H22ClNO3. The van der Waals surface area contributed by atoms with Crippen molar-refractivity contribution in [1.82, 2.24) is 0 Å². The van der Waals surface area contributed by atoms with Crippen LogP contribution < -0.4 is 4.90 Å². The lowest BCUT2D eigenvalue weighted by Gasteiger charge is -2.18. The van der Waals surface area contributed by atoms with Crippen LogP contribution >= 0.6 is 11.6 Å². The van der Waals surface area contributed by atoms with Gasteiger partial charge in [0, 0.05) is 16.2 Å². The highest BCUT2D eigenvalue weighted by molar-refractivity contribution is 6.39. The Bertz CT molecular complexity index is 1420. The Morgan fingerprint density at radius 2 is 1.37 bits per heavy atom. The number of hydrogen-bond acceptors (Lipinski definition) is 3. The predicted octanol–water partition coefficient (Wildman–Crippen LogP) is 6.63. The number of halogens is 1. The summed E-state index contributed by atoms with van der Waals surface area (Å²) in [6, 6.07) is 32.5. The van der Waals surface area contributed by atoms with E-state index in [2.05, 4.69) is 0 Å². The van der Waals surface area contributed by atoms with E-state index in [0.717, 1.165) is 33.5 Å². The molecule has 1 aliphatic heterocycles. The van der Waals surface area contributed by atoms with Crippen molar-refractivity contribution in [1.29, 1.82) is 0 Å². The Kier molecular flexibility index (Phi) is 6.21. The summed E-state index contributed by atoms with van der Waals surface area (Å²) >= 11 is 6.16. The van der Waals surface area contributed by atoms with Crippen LogP contribution in [-0.4, -0.2) is 19.0 Å². The number of para-hydroxylation sites is 1. The molecule has 0 radical (unpaired) electrons. The normalized spacial score (nSPS) is 14.0. The second kappa shape index (κ2) is 9.61. The van der Waals surface area contributed by atoms with Gasteiger partial charge in [0.25, 0.3) is 5.91 Å². The topological polar surface area (TPSA) is 46.6 Å². The Balaban J connectivity index is 1.63. The maximum atomic E-state index is 14.0. The van der Waals surface area contributed by atoms with Gasteiger partial charge in [-0.25, -0.2) is 4.79 Å². The maximum Gasteiger partial charge on any atom is 0.337 e. The molecule has 0 unspecified atom stereocenters. The van der Waals surface area contributed by atoms with Gasteiger partial charge in [0.15, 0.2) is 0 Å². The molecule has 4 aromatic carbocycles. The van der Waals surface area contributed by atoms with Crippen molar-refractivity contribution in [3.63, 3.8) is 0 Å². The average Bonchev–Trinajstić information content (AvgIpc) is 3.17. The Morgan fingerprint density at radius 1 is 0.771 bits per heavy atom. The Hall–Kier alpha value is -4.15. The number of carbonyl (C=O) groups is 2. The highest BCUT2D eigenvalue weighted by Crippen LogP contribution is 2.43. The van der Waals surface area contributed by atoms with Crippen molar-refractivity contribution in [2.75, 3.05) is 12.0 Å². The van der Waals surface area contributed by atoms with Crippen molar-refractivity contribution < 1.29 is 14.3 Å². The first-order valence-corrected chi connectivity index (χ1v) is 11.6. The molecule has 0 N–H and O–H groups in total. The summed E-state index contributed by atoms with van der Waals surface area (Å²) in [6.45, 7) is 0.378. The van der Waals surface area contributed by atoms with Crippen molar-refractivity contribution >= 4 is 40.3 Å². The fraction of sp³-hybridized carbons (Fsp3) is 0.0667.